The number of hydrogen-bond acceptors (Lipinski definition) is 3. The predicted molar refractivity (Wildman–Crippen MR) is 145 cm³/mol. The van der Waals surface area contributed by atoms with Crippen LogP contribution in [0.15, 0.2) is 53.3 Å². The van der Waals surface area contributed by atoms with Crippen molar-refractivity contribution in [1.82, 2.24) is 14.5 Å². The molecule has 194 valence electrons. The number of carbonyl (C=O) groups excluding carboxylic acids is 1. The number of fused-ring (bicyclic) bond motifs is 1. The molecule has 0 aliphatic carbocycles. The SMILES string of the molecule is CCCCCCCC(=O)N(CCCCCC)C(C)c1nc2ccccc2c(=O)n1-c1ccc(F)cc1. The minimum Gasteiger partial charge on any atom is -0.333 e. The molecule has 3 rings (SSSR count). The van der Waals surface area contributed by atoms with Crippen LogP contribution in [0.3, 0.4) is 0 Å². The summed E-state index contributed by atoms with van der Waals surface area (Å²) in [6, 6.07) is 12.7. The van der Waals surface area contributed by atoms with Gasteiger partial charge in [-0.15, -0.1) is 0 Å². The molecule has 0 aliphatic heterocycles. The molecular formula is C30H40FN3O2. The number of carbonyl (C=O) groups is 1. The molecule has 1 heterocycles. The van der Waals surface area contributed by atoms with Crippen molar-refractivity contribution >= 4 is 16.8 Å². The van der Waals surface area contributed by atoms with Gasteiger partial charge in [0.15, 0.2) is 0 Å². The molecule has 0 aliphatic rings. The van der Waals surface area contributed by atoms with Crippen molar-refractivity contribution in [1.29, 1.82) is 0 Å². The summed E-state index contributed by atoms with van der Waals surface area (Å²) >= 11 is 0. The maximum atomic E-state index is 13.7. The first-order valence-electron chi connectivity index (χ1n) is 13.5. The number of rotatable bonds is 14. The van der Waals surface area contributed by atoms with Crippen LogP contribution in [0.25, 0.3) is 16.6 Å². The van der Waals surface area contributed by atoms with Crippen LogP contribution in [0.4, 0.5) is 4.39 Å². The number of para-hydroxylation sites is 1. The number of unbranched alkanes of at least 4 members (excludes halogenated alkanes) is 7. The number of nitrogens with zero attached hydrogens (tertiary/aromatic N) is 3. The van der Waals surface area contributed by atoms with Crippen molar-refractivity contribution in [2.45, 2.75) is 91.0 Å². The zero-order valence-corrected chi connectivity index (χ0v) is 22.0. The molecule has 0 saturated carbocycles. The van der Waals surface area contributed by atoms with Gasteiger partial charge in [-0.3, -0.25) is 14.2 Å². The highest BCUT2D eigenvalue weighted by Crippen LogP contribution is 2.25. The zero-order valence-electron chi connectivity index (χ0n) is 22.0. The van der Waals surface area contributed by atoms with Gasteiger partial charge in [0.25, 0.3) is 5.56 Å². The molecule has 0 spiro atoms. The first-order chi connectivity index (χ1) is 17.5. The lowest BCUT2D eigenvalue weighted by molar-refractivity contribution is -0.133. The van der Waals surface area contributed by atoms with Gasteiger partial charge in [-0.2, -0.15) is 0 Å². The maximum absolute atomic E-state index is 13.7. The molecule has 36 heavy (non-hydrogen) atoms. The average molecular weight is 494 g/mol. The summed E-state index contributed by atoms with van der Waals surface area (Å²) in [7, 11) is 0. The van der Waals surface area contributed by atoms with E-state index in [0.717, 1.165) is 44.9 Å². The molecule has 1 unspecified atom stereocenters. The summed E-state index contributed by atoms with van der Waals surface area (Å²) in [5.74, 6) is 0.231. The highest BCUT2D eigenvalue weighted by molar-refractivity contribution is 5.79. The van der Waals surface area contributed by atoms with Crippen molar-refractivity contribution in [2.75, 3.05) is 6.54 Å². The van der Waals surface area contributed by atoms with Gasteiger partial charge in [0.05, 0.1) is 22.6 Å². The third-order valence-electron chi connectivity index (χ3n) is 6.79. The van der Waals surface area contributed by atoms with E-state index in [-0.39, 0.29) is 17.3 Å². The predicted octanol–water partition coefficient (Wildman–Crippen LogP) is 7.36. The second-order valence-electron chi connectivity index (χ2n) is 9.59. The Morgan fingerprint density at radius 3 is 2.25 bits per heavy atom. The Bertz CT molecular complexity index is 1170. The molecular weight excluding hydrogens is 453 g/mol. The second-order valence-corrected chi connectivity index (χ2v) is 9.59. The highest BCUT2D eigenvalue weighted by atomic mass is 19.1. The number of halogens is 1. The van der Waals surface area contributed by atoms with E-state index in [0.29, 0.717) is 35.4 Å². The van der Waals surface area contributed by atoms with Crippen LogP contribution >= 0.6 is 0 Å². The topological polar surface area (TPSA) is 55.2 Å². The van der Waals surface area contributed by atoms with Gasteiger partial charge in [0.2, 0.25) is 5.91 Å². The Hall–Kier alpha value is -3.02. The second kappa shape index (κ2) is 13.9. The van der Waals surface area contributed by atoms with Gasteiger partial charge < -0.3 is 4.90 Å². The monoisotopic (exact) mass is 493 g/mol. The molecule has 0 N–H and O–H groups in total. The van der Waals surface area contributed by atoms with Crippen molar-refractivity contribution < 1.29 is 9.18 Å². The Balaban J connectivity index is 2.00. The normalized spacial score (nSPS) is 12.1. The molecule has 2 aromatic carbocycles. The molecule has 0 fully saturated rings. The molecule has 0 radical (unpaired) electrons. The van der Waals surface area contributed by atoms with Gasteiger partial charge in [-0.05, 0) is 56.2 Å². The molecule has 3 aromatic rings. The zero-order chi connectivity index (χ0) is 25.9. The van der Waals surface area contributed by atoms with Gasteiger partial charge in [0, 0.05) is 13.0 Å². The number of aromatic nitrogens is 2. The lowest BCUT2D eigenvalue weighted by atomic mass is 10.1. The molecule has 0 bridgehead atoms. The lowest BCUT2D eigenvalue weighted by Crippen LogP contribution is -2.38. The Morgan fingerprint density at radius 2 is 1.56 bits per heavy atom. The summed E-state index contributed by atoms with van der Waals surface area (Å²) in [5.41, 5.74) is 0.923. The van der Waals surface area contributed by atoms with Gasteiger partial charge >= 0.3 is 0 Å². The quantitative estimate of drug-likeness (QED) is 0.221. The van der Waals surface area contributed by atoms with Gasteiger partial charge in [-0.1, -0.05) is 70.9 Å². The maximum Gasteiger partial charge on any atom is 0.266 e. The van der Waals surface area contributed by atoms with Crippen molar-refractivity contribution in [2.24, 2.45) is 0 Å². The van der Waals surface area contributed by atoms with Crippen molar-refractivity contribution in [3.63, 3.8) is 0 Å². The smallest absolute Gasteiger partial charge is 0.266 e. The fourth-order valence-corrected chi connectivity index (χ4v) is 4.68. The number of hydrogen-bond donors (Lipinski definition) is 0. The third kappa shape index (κ3) is 7.02. The average Bonchev–Trinajstić information content (AvgIpc) is 2.89. The fraction of sp³-hybridized carbons (Fsp3) is 0.500. The molecule has 5 nitrogen and oxygen atoms in total. The van der Waals surface area contributed by atoms with E-state index in [4.69, 9.17) is 4.98 Å². The summed E-state index contributed by atoms with van der Waals surface area (Å²) in [5, 5.41) is 0.495. The number of amides is 1. The van der Waals surface area contributed by atoms with E-state index < -0.39 is 6.04 Å². The van der Waals surface area contributed by atoms with Crippen LogP contribution in [0, 0.1) is 5.82 Å². The van der Waals surface area contributed by atoms with Crippen LogP contribution in [0.2, 0.25) is 0 Å². The molecule has 1 aromatic heterocycles. The van der Waals surface area contributed by atoms with Crippen LogP contribution in [-0.4, -0.2) is 26.9 Å². The van der Waals surface area contributed by atoms with Crippen molar-refractivity contribution in [3.8, 4) is 5.69 Å². The molecule has 1 atom stereocenters. The summed E-state index contributed by atoms with van der Waals surface area (Å²) in [6.45, 7) is 6.93. The summed E-state index contributed by atoms with van der Waals surface area (Å²) in [6.07, 6.45) is 10.1. The van der Waals surface area contributed by atoms with Crippen LogP contribution in [0.5, 0.6) is 0 Å². The van der Waals surface area contributed by atoms with Crippen LogP contribution < -0.4 is 5.56 Å². The lowest BCUT2D eigenvalue weighted by Gasteiger charge is -2.31. The van der Waals surface area contributed by atoms with E-state index >= 15 is 0 Å². The van der Waals surface area contributed by atoms with Crippen LogP contribution in [-0.2, 0) is 4.79 Å². The standard InChI is InChI=1S/C30H40FN3O2/c1-4-6-8-10-11-17-28(35)33(22-14-9-7-5-2)23(3)29-32-27-16-13-12-15-26(27)30(36)34(29)25-20-18-24(31)19-21-25/h12-13,15-16,18-21,23H,4-11,14,17,22H2,1-3H3. The van der Waals surface area contributed by atoms with E-state index in [9.17, 15) is 14.0 Å². The minimum atomic E-state index is -0.405. The molecule has 0 saturated heterocycles. The Labute approximate surface area is 214 Å². The largest absolute Gasteiger partial charge is 0.333 e. The highest BCUT2D eigenvalue weighted by Gasteiger charge is 2.26. The summed E-state index contributed by atoms with van der Waals surface area (Å²) in [4.78, 5) is 33.9. The number of benzene rings is 2. The molecule has 6 heteroatoms. The van der Waals surface area contributed by atoms with Gasteiger partial charge in [-0.25, -0.2) is 9.37 Å². The molecule has 1 amide bonds. The minimum absolute atomic E-state index is 0.101. The van der Waals surface area contributed by atoms with E-state index in [1.165, 1.54) is 25.0 Å². The van der Waals surface area contributed by atoms with Crippen molar-refractivity contribution in [3.05, 3.63) is 70.5 Å². The fourth-order valence-electron chi connectivity index (χ4n) is 4.68. The first kappa shape index (κ1) is 27.6. The van der Waals surface area contributed by atoms with E-state index in [2.05, 4.69) is 13.8 Å². The summed E-state index contributed by atoms with van der Waals surface area (Å²) < 4.78 is 15.2. The Kier molecular flexibility index (Phi) is 10.6. The Morgan fingerprint density at radius 1 is 0.917 bits per heavy atom. The first-order valence-corrected chi connectivity index (χ1v) is 13.5. The van der Waals surface area contributed by atoms with E-state index in [1.807, 2.05) is 30.0 Å². The van der Waals surface area contributed by atoms with Crippen LogP contribution in [0.1, 0.15) is 96.8 Å². The van der Waals surface area contributed by atoms with Gasteiger partial charge in [0.1, 0.15) is 11.6 Å². The third-order valence-corrected chi connectivity index (χ3v) is 6.79. The van der Waals surface area contributed by atoms with E-state index in [1.54, 1.807) is 22.8 Å².